The highest BCUT2D eigenvalue weighted by Gasteiger charge is 2.11. The number of carbonyl (C=O) groups excluding carboxylic acids is 2. The number of ether oxygens (including phenoxy) is 2. The molecular weight excluding hydrogens is 386 g/mol. The monoisotopic (exact) mass is 409 g/mol. The Balaban J connectivity index is 1.55. The van der Waals surface area contributed by atoms with Crippen LogP contribution in [0.4, 0.5) is 4.79 Å². The SMILES string of the molecule is CCCCc1cc(=O)oc2cc(OC(=O)CNC(=O)OCc3ccccc3)ccc12. The van der Waals surface area contributed by atoms with Crippen molar-refractivity contribution in [2.24, 2.45) is 0 Å². The van der Waals surface area contributed by atoms with E-state index in [0.29, 0.717) is 5.58 Å². The molecule has 0 aliphatic heterocycles. The van der Waals surface area contributed by atoms with Gasteiger partial charge in [-0.05, 0) is 36.1 Å². The summed E-state index contributed by atoms with van der Waals surface area (Å²) < 4.78 is 15.5. The first-order valence-corrected chi connectivity index (χ1v) is 9.77. The molecule has 7 nitrogen and oxygen atoms in total. The quantitative estimate of drug-likeness (QED) is 0.344. The van der Waals surface area contributed by atoms with Crippen LogP contribution < -0.4 is 15.7 Å². The summed E-state index contributed by atoms with van der Waals surface area (Å²) in [5.41, 5.74) is 1.66. The van der Waals surface area contributed by atoms with Gasteiger partial charge < -0.3 is 19.2 Å². The fourth-order valence-corrected chi connectivity index (χ4v) is 2.93. The molecule has 0 saturated heterocycles. The number of unbranched alkanes of at least 4 members (excludes halogenated alkanes) is 1. The van der Waals surface area contributed by atoms with Gasteiger partial charge >= 0.3 is 17.7 Å². The van der Waals surface area contributed by atoms with Crippen LogP contribution in [0.3, 0.4) is 0 Å². The second kappa shape index (κ2) is 10.2. The maximum absolute atomic E-state index is 12.0. The van der Waals surface area contributed by atoms with Crippen LogP contribution in [0, 0.1) is 0 Å². The molecule has 0 aliphatic carbocycles. The van der Waals surface area contributed by atoms with Crippen molar-refractivity contribution in [1.82, 2.24) is 5.32 Å². The molecule has 0 spiro atoms. The maximum atomic E-state index is 12.0. The van der Waals surface area contributed by atoms with E-state index in [9.17, 15) is 14.4 Å². The molecule has 0 unspecified atom stereocenters. The van der Waals surface area contributed by atoms with Crippen molar-refractivity contribution < 1.29 is 23.5 Å². The van der Waals surface area contributed by atoms with E-state index in [1.54, 1.807) is 12.1 Å². The predicted molar refractivity (Wildman–Crippen MR) is 111 cm³/mol. The predicted octanol–water partition coefficient (Wildman–Crippen LogP) is 3.97. The third kappa shape index (κ3) is 5.94. The first-order valence-electron chi connectivity index (χ1n) is 9.77. The average molecular weight is 409 g/mol. The van der Waals surface area contributed by atoms with Crippen molar-refractivity contribution in [3.8, 4) is 5.75 Å². The van der Waals surface area contributed by atoms with Gasteiger partial charge in [0.05, 0.1) is 0 Å². The molecule has 0 bridgehead atoms. The molecule has 1 aromatic heterocycles. The normalized spacial score (nSPS) is 10.6. The van der Waals surface area contributed by atoms with E-state index in [0.717, 1.165) is 35.8 Å². The second-order valence-electron chi connectivity index (χ2n) is 6.74. The minimum Gasteiger partial charge on any atom is -0.445 e. The summed E-state index contributed by atoms with van der Waals surface area (Å²) >= 11 is 0. The lowest BCUT2D eigenvalue weighted by molar-refractivity contribution is -0.133. The lowest BCUT2D eigenvalue weighted by atomic mass is 10.0. The van der Waals surface area contributed by atoms with E-state index in [-0.39, 0.29) is 18.9 Å². The number of alkyl carbamates (subject to hydrolysis) is 1. The van der Waals surface area contributed by atoms with E-state index < -0.39 is 17.7 Å². The Hall–Kier alpha value is -3.61. The second-order valence-corrected chi connectivity index (χ2v) is 6.74. The van der Waals surface area contributed by atoms with E-state index in [2.05, 4.69) is 12.2 Å². The van der Waals surface area contributed by atoms with Gasteiger partial charge in [0.15, 0.2) is 0 Å². The Labute approximate surface area is 173 Å². The minimum atomic E-state index is -0.721. The van der Waals surface area contributed by atoms with Crippen molar-refractivity contribution in [1.29, 1.82) is 0 Å². The number of benzene rings is 2. The summed E-state index contributed by atoms with van der Waals surface area (Å²) in [7, 11) is 0. The molecule has 3 aromatic rings. The highest BCUT2D eigenvalue weighted by Crippen LogP contribution is 2.23. The number of hydrogen-bond acceptors (Lipinski definition) is 6. The smallest absolute Gasteiger partial charge is 0.407 e. The molecular formula is C23H23NO6. The molecule has 1 amide bonds. The Morgan fingerprint density at radius 2 is 1.87 bits per heavy atom. The van der Waals surface area contributed by atoms with Crippen LogP contribution in [0.25, 0.3) is 11.0 Å². The number of hydrogen-bond donors (Lipinski definition) is 1. The van der Waals surface area contributed by atoms with E-state index in [1.807, 2.05) is 30.3 Å². The lowest BCUT2D eigenvalue weighted by Gasteiger charge is -2.09. The Morgan fingerprint density at radius 1 is 1.07 bits per heavy atom. The highest BCUT2D eigenvalue weighted by molar-refractivity contribution is 5.84. The molecule has 0 atom stereocenters. The van der Waals surface area contributed by atoms with Crippen LogP contribution >= 0.6 is 0 Å². The third-order valence-electron chi connectivity index (χ3n) is 4.42. The number of nitrogens with one attached hydrogen (secondary N) is 1. The Morgan fingerprint density at radius 3 is 2.63 bits per heavy atom. The van der Waals surface area contributed by atoms with Crippen molar-refractivity contribution in [3.05, 3.63) is 76.1 Å². The van der Waals surface area contributed by atoms with Crippen molar-refractivity contribution >= 4 is 23.0 Å². The van der Waals surface area contributed by atoms with Gasteiger partial charge in [-0.1, -0.05) is 43.7 Å². The summed E-state index contributed by atoms with van der Waals surface area (Å²) in [6.07, 6.45) is 2.02. The van der Waals surface area contributed by atoms with Gasteiger partial charge in [-0.2, -0.15) is 0 Å². The summed E-state index contributed by atoms with van der Waals surface area (Å²) in [5.74, 6) is -0.446. The van der Waals surface area contributed by atoms with Gasteiger partial charge in [0.25, 0.3) is 0 Å². The number of rotatable bonds is 8. The molecule has 3 rings (SSSR count). The third-order valence-corrected chi connectivity index (χ3v) is 4.42. The first-order chi connectivity index (χ1) is 14.5. The fourth-order valence-electron chi connectivity index (χ4n) is 2.93. The molecule has 1 N–H and O–H groups in total. The van der Waals surface area contributed by atoms with Gasteiger partial charge in [-0.3, -0.25) is 0 Å². The van der Waals surface area contributed by atoms with Crippen LogP contribution in [-0.2, 0) is 22.6 Å². The molecule has 30 heavy (non-hydrogen) atoms. The number of esters is 1. The van der Waals surface area contributed by atoms with Gasteiger partial charge in [-0.25, -0.2) is 14.4 Å². The van der Waals surface area contributed by atoms with Crippen molar-refractivity contribution in [3.63, 3.8) is 0 Å². The Kier molecular flexibility index (Phi) is 7.21. The van der Waals surface area contributed by atoms with Crippen LogP contribution in [0.5, 0.6) is 5.75 Å². The number of amides is 1. The lowest BCUT2D eigenvalue weighted by Crippen LogP contribution is -2.32. The van der Waals surface area contributed by atoms with Crippen LogP contribution in [0.1, 0.15) is 30.9 Å². The fraction of sp³-hybridized carbons (Fsp3) is 0.261. The first kappa shape index (κ1) is 21.1. The Bertz CT molecular complexity index is 1070. The highest BCUT2D eigenvalue weighted by atomic mass is 16.6. The van der Waals surface area contributed by atoms with E-state index in [4.69, 9.17) is 13.9 Å². The zero-order chi connectivity index (χ0) is 21.3. The van der Waals surface area contributed by atoms with Crippen molar-refractivity contribution in [2.75, 3.05) is 6.54 Å². The molecule has 0 saturated carbocycles. The molecule has 0 aliphatic rings. The summed E-state index contributed by atoms with van der Waals surface area (Å²) in [4.78, 5) is 35.5. The molecule has 156 valence electrons. The van der Waals surface area contributed by atoms with Crippen LogP contribution in [0.2, 0.25) is 0 Å². The molecule has 2 aromatic carbocycles. The summed E-state index contributed by atoms with van der Waals surface area (Å²) in [5, 5.41) is 3.15. The number of aryl methyl sites for hydroxylation is 1. The molecule has 0 radical (unpaired) electrons. The van der Waals surface area contributed by atoms with Crippen LogP contribution in [0.15, 0.2) is 63.8 Å². The van der Waals surface area contributed by atoms with Crippen LogP contribution in [-0.4, -0.2) is 18.6 Å². The largest absolute Gasteiger partial charge is 0.445 e. The standard InChI is InChI=1S/C23H23NO6/c1-2-3-9-17-12-21(25)30-20-13-18(10-11-19(17)20)29-22(26)14-24-23(27)28-15-16-7-5-4-6-8-16/h4-8,10-13H,2-3,9,14-15H2,1H3,(H,24,27). The zero-order valence-corrected chi connectivity index (χ0v) is 16.7. The van der Waals surface area contributed by atoms with E-state index >= 15 is 0 Å². The van der Waals surface area contributed by atoms with Gasteiger partial charge in [0.2, 0.25) is 0 Å². The number of carbonyl (C=O) groups is 2. The summed E-state index contributed by atoms with van der Waals surface area (Å²) in [6, 6.07) is 15.6. The summed E-state index contributed by atoms with van der Waals surface area (Å²) in [6.45, 7) is 1.83. The maximum Gasteiger partial charge on any atom is 0.407 e. The van der Waals surface area contributed by atoms with Gasteiger partial charge in [0.1, 0.15) is 24.5 Å². The van der Waals surface area contributed by atoms with Gasteiger partial charge in [0, 0.05) is 17.5 Å². The molecule has 0 fully saturated rings. The zero-order valence-electron chi connectivity index (χ0n) is 16.7. The van der Waals surface area contributed by atoms with Crippen molar-refractivity contribution in [2.45, 2.75) is 32.8 Å². The molecule has 1 heterocycles. The minimum absolute atomic E-state index is 0.103. The average Bonchev–Trinajstić information content (AvgIpc) is 2.75. The van der Waals surface area contributed by atoms with Gasteiger partial charge in [-0.15, -0.1) is 0 Å². The van der Waals surface area contributed by atoms with E-state index in [1.165, 1.54) is 12.1 Å². The molecule has 7 heteroatoms. The number of fused-ring (bicyclic) bond motifs is 1. The topological polar surface area (TPSA) is 94.8 Å².